The fourth-order valence-corrected chi connectivity index (χ4v) is 3.28. The quantitative estimate of drug-likeness (QED) is 0.626. The number of hydrogen-bond acceptors (Lipinski definition) is 4. The lowest BCUT2D eigenvalue weighted by molar-refractivity contribution is -0.139. The minimum absolute atomic E-state index is 0.129. The van der Waals surface area contributed by atoms with Crippen molar-refractivity contribution in [3.8, 4) is 0 Å². The van der Waals surface area contributed by atoms with E-state index in [4.69, 9.17) is 0 Å². The molecule has 0 spiro atoms. The molecule has 1 fully saturated rings. The van der Waals surface area contributed by atoms with Gasteiger partial charge >= 0.3 is 12.0 Å². The Kier molecular flexibility index (Phi) is 5.49. The van der Waals surface area contributed by atoms with Gasteiger partial charge in [-0.3, -0.25) is 0 Å². The Labute approximate surface area is 127 Å². The number of nitrogens with one attached hydrogen (secondary N) is 3. The molecule has 8 heteroatoms. The van der Waals surface area contributed by atoms with Crippen molar-refractivity contribution in [3.05, 3.63) is 18.2 Å². The first-order valence-corrected chi connectivity index (χ1v) is 8.17. The van der Waals surface area contributed by atoms with Crippen molar-refractivity contribution in [1.82, 2.24) is 20.6 Å². The summed E-state index contributed by atoms with van der Waals surface area (Å²) >= 11 is 1.81. The van der Waals surface area contributed by atoms with Crippen molar-refractivity contribution in [1.29, 1.82) is 0 Å². The lowest BCUT2D eigenvalue weighted by atomic mass is 10.1. The van der Waals surface area contributed by atoms with Gasteiger partial charge < -0.3 is 20.7 Å². The summed E-state index contributed by atoms with van der Waals surface area (Å²) in [4.78, 5) is 29.8. The SMILES string of the molecule is CSC1CCC(NC(=O)N[C@H](Cc2cnc[nH]2)C(=O)O)C1. The van der Waals surface area contributed by atoms with E-state index in [2.05, 4.69) is 26.9 Å². The topological polar surface area (TPSA) is 107 Å². The van der Waals surface area contributed by atoms with Crippen LogP contribution < -0.4 is 10.6 Å². The molecule has 116 valence electrons. The van der Waals surface area contributed by atoms with Gasteiger partial charge in [-0.15, -0.1) is 0 Å². The molecule has 1 aliphatic carbocycles. The largest absolute Gasteiger partial charge is 0.480 e. The van der Waals surface area contributed by atoms with Crippen molar-refractivity contribution >= 4 is 23.8 Å². The first-order valence-electron chi connectivity index (χ1n) is 6.88. The molecule has 1 aromatic rings. The van der Waals surface area contributed by atoms with Crippen LogP contribution in [0.15, 0.2) is 12.5 Å². The Morgan fingerprint density at radius 2 is 2.38 bits per heavy atom. The third kappa shape index (κ3) is 4.66. The van der Waals surface area contributed by atoms with Gasteiger partial charge in [0.2, 0.25) is 0 Å². The van der Waals surface area contributed by atoms with Crippen LogP contribution >= 0.6 is 11.8 Å². The van der Waals surface area contributed by atoms with E-state index in [0.29, 0.717) is 10.9 Å². The molecular weight excluding hydrogens is 292 g/mol. The summed E-state index contributed by atoms with van der Waals surface area (Å²) in [7, 11) is 0. The summed E-state index contributed by atoms with van der Waals surface area (Å²) in [6.45, 7) is 0. The molecule has 2 unspecified atom stereocenters. The fourth-order valence-electron chi connectivity index (χ4n) is 2.49. The third-order valence-electron chi connectivity index (χ3n) is 3.64. The molecule has 0 saturated heterocycles. The van der Waals surface area contributed by atoms with Crippen molar-refractivity contribution < 1.29 is 14.7 Å². The highest BCUT2D eigenvalue weighted by Crippen LogP contribution is 2.27. The van der Waals surface area contributed by atoms with Crippen LogP contribution in [0, 0.1) is 0 Å². The zero-order chi connectivity index (χ0) is 15.2. The Morgan fingerprint density at radius 1 is 1.57 bits per heavy atom. The van der Waals surface area contributed by atoms with E-state index in [1.165, 1.54) is 6.33 Å². The highest BCUT2D eigenvalue weighted by Gasteiger charge is 2.27. The van der Waals surface area contributed by atoms with Crippen LogP contribution in [0.4, 0.5) is 4.79 Å². The van der Waals surface area contributed by atoms with Crippen LogP contribution in [0.1, 0.15) is 25.0 Å². The smallest absolute Gasteiger partial charge is 0.326 e. The molecule has 2 amide bonds. The average molecular weight is 312 g/mol. The van der Waals surface area contributed by atoms with Crippen molar-refractivity contribution in [2.75, 3.05) is 6.26 Å². The van der Waals surface area contributed by atoms with Crippen molar-refractivity contribution in [2.24, 2.45) is 0 Å². The standard InChI is InChI=1S/C13H20N4O3S/c1-21-10-3-2-8(4-10)16-13(20)17-11(12(18)19)5-9-6-14-7-15-9/h6-8,10-11H,2-5H2,1H3,(H,14,15)(H,18,19)(H2,16,17,20)/t8?,10?,11-/m1/s1. The Hall–Kier alpha value is -1.70. The minimum Gasteiger partial charge on any atom is -0.480 e. The molecule has 0 aliphatic heterocycles. The van der Waals surface area contributed by atoms with Crippen LogP contribution in [0.2, 0.25) is 0 Å². The number of amides is 2. The van der Waals surface area contributed by atoms with Gasteiger partial charge in [0.25, 0.3) is 0 Å². The molecule has 0 radical (unpaired) electrons. The van der Waals surface area contributed by atoms with Crippen molar-refractivity contribution in [3.63, 3.8) is 0 Å². The first kappa shape index (κ1) is 15.7. The molecular formula is C13H20N4O3S. The number of thioether (sulfide) groups is 1. The molecule has 1 heterocycles. The number of imidazole rings is 1. The highest BCUT2D eigenvalue weighted by atomic mass is 32.2. The van der Waals surface area contributed by atoms with Crippen LogP contribution in [-0.2, 0) is 11.2 Å². The summed E-state index contributed by atoms with van der Waals surface area (Å²) in [5, 5.41) is 15.1. The summed E-state index contributed by atoms with van der Waals surface area (Å²) in [5.74, 6) is -1.06. The fraction of sp³-hybridized carbons (Fsp3) is 0.615. The Morgan fingerprint density at radius 3 is 2.95 bits per heavy atom. The molecule has 1 aromatic heterocycles. The Balaban J connectivity index is 1.82. The molecule has 21 heavy (non-hydrogen) atoms. The van der Waals surface area contributed by atoms with Crippen molar-refractivity contribution in [2.45, 2.75) is 43.0 Å². The van der Waals surface area contributed by atoms with Gasteiger partial charge in [-0.05, 0) is 25.5 Å². The molecule has 4 N–H and O–H groups in total. The second-order valence-electron chi connectivity index (χ2n) is 5.16. The van der Waals surface area contributed by atoms with Crippen LogP contribution in [-0.4, -0.2) is 50.7 Å². The van der Waals surface area contributed by atoms with E-state index in [-0.39, 0.29) is 12.5 Å². The zero-order valence-corrected chi connectivity index (χ0v) is 12.7. The van der Waals surface area contributed by atoms with E-state index in [1.807, 2.05) is 11.8 Å². The predicted molar refractivity (Wildman–Crippen MR) is 80.3 cm³/mol. The van der Waals surface area contributed by atoms with Gasteiger partial charge in [-0.25, -0.2) is 14.6 Å². The maximum atomic E-state index is 11.9. The number of carboxylic acid groups (broad SMARTS) is 1. The number of H-pyrrole nitrogens is 1. The second-order valence-corrected chi connectivity index (χ2v) is 6.30. The normalized spacial score (nSPS) is 22.7. The highest BCUT2D eigenvalue weighted by molar-refractivity contribution is 7.99. The number of carbonyl (C=O) groups excluding carboxylic acids is 1. The van der Waals surface area contributed by atoms with E-state index >= 15 is 0 Å². The summed E-state index contributed by atoms with van der Waals surface area (Å²) in [5.41, 5.74) is 0.672. The monoisotopic (exact) mass is 312 g/mol. The van der Waals surface area contributed by atoms with Gasteiger partial charge in [0.15, 0.2) is 0 Å². The molecule has 1 aliphatic rings. The minimum atomic E-state index is -1.06. The van der Waals surface area contributed by atoms with E-state index in [9.17, 15) is 14.7 Å². The molecule has 0 bridgehead atoms. The number of nitrogens with zero attached hydrogens (tertiary/aromatic N) is 1. The van der Waals surface area contributed by atoms with Crippen LogP contribution in [0.25, 0.3) is 0 Å². The Bertz CT molecular complexity index is 480. The number of rotatable bonds is 6. The average Bonchev–Trinajstić information content (AvgIpc) is 3.09. The molecule has 3 atom stereocenters. The van der Waals surface area contributed by atoms with Gasteiger partial charge in [-0.1, -0.05) is 0 Å². The lowest BCUT2D eigenvalue weighted by Crippen LogP contribution is -2.49. The van der Waals surface area contributed by atoms with Crippen LogP contribution in [0.5, 0.6) is 0 Å². The third-order valence-corrected chi connectivity index (χ3v) is 4.73. The van der Waals surface area contributed by atoms with Gasteiger partial charge in [0.1, 0.15) is 6.04 Å². The second kappa shape index (κ2) is 7.35. The number of urea groups is 1. The number of carboxylic acids is 1. The van der Waals surface area contributed by atoms with E-state index in [1.54, 1.807) is 6.20 Å². The number of hydrogen-bond donors (Lipinski definition) is 4. The maximum Gasteiger partial charge on any atom is 0.326 e. The number of aromatic amines is 1. The number of aliphatic carboxylic acids is 1. The van der Waals surface area contributed by atoms with E-state index < -0.39 is 18.0 Å². The van der Waals surface area contributed by atoms with Gasteiger partial charge in [0, 0.05) is 29.6 Å². The molecule has 2 rings (SSSR count). The molecule has 7 nitrogen and oxygen atoms in total. The van der Waals surface area contributed by atoms with Crippen LogP contribution in [0.3, 0.4) is 0 Å². The lowest BCUT2D eigenvalue weighted by Gasteiger charge is -2.17. The van der Waals surface area contributed by atoms with Gasteiger partial charge in [-0.2, -0.15) is 11.8 Å². The molecule has 1 saturated carbocycles. The maximum absolute atomic E-state index is 11.9. The molecule has 0 aromatic carbocycles. The summed E-state index contributed by atoms with van der Waals surface area (Å²) in [6, 6.07) is -1.26. The number of carbonyl (C=O) groups is 2. The van der Waals surface area contributed by atoms with Gasteiger partial charge in [0.05, 0.1) is 6.33 Å². The summed E-state index contributed by atoms with van der Waals surface area (Å²) < 4.78 is 0. The summed E-state index contributed by atoms with van der Waals surface area (Å²) in [6.07, 6.45) is 8.25. The van der Waals surface area contributed by atoms with E-state index in [0.717, 1.165) is 19.3 Å². The predicted octanol–water partition coefficient (Wildman–Crippen LogP) is 0.989. The number of aromatic nitrogens is 2. The zero-order valence-electron chi connectivity index (χ0n) is 11.8. The first-order chi connectivity index (χ1) is 10.1.